The Balaban J connectivity index is 1.71. The summed E-state index contributed by atoms with van der Waals surface area (Å²) in [5.41, 5.74) is 4.07. The predicted octanol–water partition coefficient (Wildman–Crippen LogP) is 3.94. The number of benzene rings is 2. The van der Waals surface area contributed by atoms with Crippen molar-refractivity contribution in [1.82, 2.24) is 10.3 Å². The third-order valence-corrected chi connectivity index (χ3v) is 5.76. The molecule has 4 rings (SSSR count). The van der Waals surface area contributed by atoms with E-state index >= 15 is 0 Å². The van der Waals surface area contributed by atoms with Gasteiger partial charge in [0.05, 0.1) is 28.3 Å². The number of pyridine rings is 1. The Bertz CT molecular complexity index is 1320. The first-order chi connectivity index (χ1) is 17.0. The standard InChI is InChI=1S/C26H25N3O6/c1-34-13-12-27-23(30)16-35-26(31)24-20-9-2-3-11-22(20)28-25-18(7-5-10-21(24)25)14-17-6-4-8-19(15-17)29(32)33/h2-4,6,8-9,11,14-15H,5,7,10,12-13,16H2,1H3,(H,27,30)/b18-14+. The summed E-state index contributed by atoms with van der Waals surface area (Å²) < 4.78 is 10.3. The van der Waals surface area contributed by atoms with Gasteiger partial charge < -0.3 is 14.8 Å². The van der Waals surface area contributed by atoms with Gasteiger partial charge in [-0.05, 0) is 48.1 Å². The van der Waals surface area contributed by atoms with Crippen LogP contribution in [0.5, 0.6) is 0 Å². The maximum absolute atomic E-state index is 13.2. The van der Waals surface area contributed by atoms with E-state index in [1.165, 1.54) is 19.2 Å². The van der Waals surface area contributed by atoms with Crippen LogP contribution in [-0.4, -0.2) is 48.7 Å². The van der Waals surface area contributed by atoms with E-state index in [4.69, 9.17) is 14.5 Å². The fourth-order valence-electron chi connectivity index (χ4n) is 4.18. The molecule has 1 aromatic heterocycles. The van der Waals surface area contributed by atoms with Crippen molar-refractivity contribution in [2.75, 3.05) is 26.9 Å². The van der Waals surface area contributed by atoms with E-state index in [1.807, 2.05) is 30.3 Å². The number of fused-ring (bicyclic) bond motifs is 2. The number of nitrogens with one attached hydrogen (secondary N) is 1. The first-order valence-electron chi connectivity index (χ1n) is 11.3. The summed E-state index contributed by atoms with van der Waals surface area (Å²) in [6, 6.07) is 13.7. The number of ether oxygens (including phenoxy) is 2. The molecule has 0 saturated heterocycles. The molecule has 0 saturated carbocycles. The highest BCUT2D eigenvalue weighted by Crippen LogP contribution is 2.36. The Labute approximate surface area is 201 Å². The van der Waals surface area contributed by atoms with Crippen molar-refractivity contribution in [3.05, 3.63) is 81.0 Å². The smallest absolute Gasteiger partial charge is 0.339 e. The van der Waals surface area contributed by atoms with E-state index in [9.17, 15) is 19.7 Å². The molecule has 2 aromatic carbocycles. The molecule has 1 N–H and O–H groups in total. The largest absolute Gasteiger partial charge is 0.452 e. The van der Waals surface area contributed by atoms with Gasteiger partial charge in [-0.1, -0.05) is 30.3 Å². The molecule has 1 aliphatic carbocycles. The third kappa shape index (κ3) is 5.52. The lowest BCUT2D eigenvalue weighted by molar-refractivity contribution is -0.384. The van der Waals surface area contributed by atoms with Crippen LogP contribution in [0.25, 0.3) is 22.6 Å². The Morgan fingerprint density at radius 3 is 2.80 bits per heavy atom. The fraction of sp³-hybridized carbons (Fsp3) is 0.269. The molecule has 3 aromatic rings. The predicted molar refractivity (Wildman–Crippen MR) is 131 cm³/mol. The Kier molecular flexibility index (Phi) is 7.47. The summed E-state index contributed by atoms with van der Waals surface area (Å²) in [6.07, 6.45) is 4.01. The molecule has 180 valence electrons. The van der Waals surface area contributed by atoms with E-state index < -0.39 is 23.4 Å². The van der Waals surface area contributed by atoms with Crippen LogP contribution < -0.4 is 5.32 Å². The lowest BCUT2D eigenvalue weighted by atomic mass is 9.86. The molecule has 0 bridgehead atoms. The maximum Gasteiger partial charge on any atom is 0.339 e. The maximum atomic E-state index is 13.2. The monoisotopic (exact) mass is 475 g/mol. The first kappa shape index (κ1) is 24.0. The SMILES string of the molecule is COCCNC(=O)COC(=O)c1c2c(nc3ccccc13)/C(=C/c1cccc([N+](=O)[O-])c1)CCC2. The number of para-hydroxylation sites is 1. The summed E-state index contributed by atoms with van der Waals surface area (Å²) in [7, 11) is 1.53. The number of non-ortho nitro benzene ring substituents is 1. The van der Waals surface area contributed by atoms with Crippen LogP contribution in [0, 0.1) is 10.1 Å². The number of hydrogen-bond acceptors (Lipinski definition) is 7. The van der Waals surface area contributed by atoms with Gasteiger partial charge in [-0.25, -0.2) is 9.78 Å². The van der Waals surface area contributed by atoms with Crippen LogP contribution in [0.15, 0.2) is 48.5 Å². The number of nitro groups is 1. The molecule has 9 heteroatoms. The summed E-state index contributed by atoms with van der Waals surface area (Å²) in [5, 5.41) is 14.5. The molecule has 9 nitrogen and oxygen atoms in total. The second-order valence-electron chi connectivity index (χ2n) is 8.13. The number of esters is 1. The number of rotatable bonds is 8. The van der Waals surface area contributed by atoms with E-state index in [1.54, 1.807) is 12.1 Å². The number of nitrogens with zero attached hydrogens (tertiary/aromatic N) is 2. The van der Waals surface area contributed by atoms with Crippen molar-refractivity contribution in [2.24, 2.45) is 0 Å². The zero-order valence-electron chi connectivity index (χ0n) is 19.3. The summed E-state index contributed by atoms with van der Waals surface area (Å²) in [4.78, 5) is 40.8. The van der Waals surface area contributed by atoms with Gasteiger partial charge in [-0.3, -0.25) is 14.9 Å². The Hall–Kier alpha value is -4.11. The topological polar surface area (TPSA) is 121 Å². The molecule has 1 amide bonds. The number of methoxy groups -OCH3 is 1. The molecule has 0 spiro atoms. The molecule has 35 heavy (non-hydrogen) atoms. The van der Waals surface area contributed by atoms with Crippen molar-refractivity contribution >= 4 is 40.1 Å². The van der Waals surface area contributed by atoms with Gasteiger partial charge in [0.15, 0.2) is 6.61 Å². The number of allylic oxidation sites excluding steroid dienone is 1. The number of hydrogen-bond donors (Lipinski definition) is 1. The van der Waals surface area contributed by atoms with Crippen LogP contribution in [0.1, 0.15) is 40.0 Å². The van der Waals surface area contributed by atoms with Gasteiger partial charge in [0.2, 0.25) is 0 Å². The van der Waals surface area contributed by atoms with Gasteiger partial charge in [-0.15, -0.1) is 0 Å². The Morgan fingerprint density at radius 2 is 2.00 bits per heavy atom. The summed E-state index contributed by atoms with van der Waals surface area (Å²) >= 11 is 0. The summed E-state index contributed by atoms with van der Waals surface area (Å²) in [5.74, 6) is -0.993. The second-order valence-corrected chi connectivity index (χ2v) is 8.13. The molecule has 1 heterocycles. The molecule has 0 radical (unpaired) electrons. The third-order valence-electron chi connectivity index (χ3n) is 5.76. The highest BCUT2D eigenvalue weighted by Gasteiger charge is 2.26. The minimum Gasteiger partial charge on any atom is -0.452 e. The Morgan fingerprint density at radius 1 is 1.17 bits per heavy atom. The van der Waals surface area contributed by atoms with Crippen molar-refractivity contribution in [3.63, 3.8) is 0 Å². The van der Waals surface area contributed by atoms with Crippen molar-refractivity contribution in [3.8, 4) is 0 Å². The fourth-order valence-corrected chi connectivity index (χ4v) is 4.18. The van der Waals surface area contributed by atoms with Crippen LogP contribution in [0.4, 0.5) is 5.69 Å². The average molecular weight is 476 g/mol. The van der Waals surface area contributed by atoms with E-state index in [0.29, 0.717) is 47.3 Å². The van der Waals surface area contributed by atoms with E-state index in [2.05, 4.69) is 5.32 Å². The zero-order valence-corrected chi connectivity index (χ0v) is 19.3. The van der Waals surface area contributed by atoms with Gasteiger partial charge in [0.1, 0.15) is 0 Å². The van der Waals surface area contributed by atoms with Crippen LogP contribution in [0.3, 0.4) is 0 Å². The number of aromatic nitrogens is 1. The van der Waals surface area contributed by atoms with Gasteiger partial charge in [0, 0.05) is 31.2 Å². The first-order valence-corrected chi connectivity index (χ1v) is 11.3. The van der Waals surface area contributed by atoms with Gasteiger partial charge in [0.25, 0.3) is 11.6 Å². The normalized spacial score (nSPS) is 13.9. The number of nitro benzene ring substituents is 1. The quantitative estimate of drug-likeness (QED) is 0.227. The minimum atomic E-state index is -0.585. The number of carbonyl (C=O) groups excluding carboxylic acids is 2. The molecular weight excluding hydrogens is 450 g/mol. The van der Waals surface area contributed by atoms with Crippen molar-refractivity contribution in [1.29, 1.82) is 0 Å². The van der Waals surface area contributed by atoms with Gasteiger partial charge >= 0.3 is 5.97 Å². The van der Waals surface area contributed by atoms with Gasteiger partial charge in [-0.2, -0.15) is 0 Å². The van der Waals surface area contributed by atoms with Crippen LogP contribution >= 0.6 is 0 Å². The highest BCUT2D eigenvalue weighted by atomic mass is 16.6. The lowest BCUT2D eigenvalue weighted by Gasteiger charge is -2.22. The van der Waals surface area contributed by atoms with Crippen molar-refractivity contribution in [2.45, 2.75) is 19.3 Å². The van der Waals surface area contributed by atoms with E-state index in [0.717, 1.165) is 24.0 Å². The zero-order chi connectivity index (χ0) is 24.8. The van der Waals surface area contributed by atoms with Crippen LogP contribution in [-0.2, 0) is 20.7 Å². The number of amides is 1. The minimum absolute atomic E-state index is 0.00916. The molecular formula is C26H25N3O6. The average Bonchev–Trinajstić information content (AvgIpc) is 2.86. The lowest BCUT2D eigenvalue weighted by Crippen LogP contribution is -2.31. The number of carbonyl (C=O) groups is 2. The van der Waals surface area contributed by atoms with E-state index in [-0.39, 0.29) is 5.69 Å². The second kappa shape index (κ2) is 10.9. The molecule has 0 fully saturated rings. The molecule has 0 unspecified atom stereocenters. The molecule has 0 atom stereocenters. The van der Waals surface area contributed by atoms with Crippen LogP contribution in [0.2, 0.25) is 0 Å². The van der Waals surface area contributed by atoms with Crippen molar-refractivity contribution < 1.29 is 24.0 Å². The highest BCUT2D eigenvalue weighted by molar-refractivity contribution is 6.07. The molecule has 0 aliphatic heterocycles. The molecule has 1 aliphatic rings. The summed E-state index contributed by atoms with van der Waals surface area (Å²) in [6.45, 7) is 0.290.